The van der Waals surface area contributed by atoms with Crippen molar-refractivity contribution in [3.8, 4) is 11.5 Å². The van der Waals surface area contributed by atoms with Crippen LogP contribution in [0.15, 0.2) is 60.7 Å². The number of amides is 1. The lowest BCUT2D eigenvalue weighted by Gasteiger charge is -2.13. The number of methoxy groups -OCH3 is 1. The van der Waals surface area contributed by atoms with E-state index in [9.17, 15) is 4.79 Å². The first-order valence-electron chi connectivity index (χ1n) is 7.97. The van der Waals surface area contributed by atoms with E-state index in [1.54, 1.807) is 13.2 Å². The third kappa shape index (κ3) is 4.01. The lowest BCUT2D eigenvalue weighted by Crippen LogP contribution is -2.20. The molecule has 0 heterocycles. The summed E-state index contributed by atoms with van der Waals surface area (Å²) in [5, 5.41) is 5.83. The molecule has 0 aromatic heterocycles. The second-order valence-electron chi connectivity index (χ2n) is 5.62. The van der Waals surface area contributed by atoms with Gasteiger partial charge in [-0.15, -0.1) is 0 Å². The molecule has 25 heavy (non-hydrogen) atoms. The number of carbonyl (C=O) groups excluding carboxylic acids is 1. The molecule has 3 aromatic rings. The maximum atomic E-state index is 10.9. The summed E-state index contributed by atoms with van der Waals surface area (Å²) in [6, 6.07) is 20.0. The molecule has 0 atom stereocenters. The molecule has 0 radical (unpaired) electrons. The Labute approximate surface area is 146 Å². The van der Waals surface area contributed by atoms with Gasteiger partial charge in [0, 0.05) is 17.6 Å². The van der Waals surface area contributed by atoms with Gasteiger partial charge in [0.1, 0.15) is 0 Å². The minimum Gasteiger partial charge on any atom is -0.493 e. The highest BCUT2D eigenvalue weighted by Crippen LogP contribution is 2.29. The van der Waals surface area contributed by atoms with E-state index in [4.69, 9.17) is 15.2 Å². The second-order valence-corrected chi connectivity index (χ2v) is 5.62. The molecule has 0 unspecified atom stereocenters. The lowest BCUT2D eigenvalue weighted by molar-refractivity contribution is -0.119. The Morgan fingerprint density at radius 3 is 2.64 bits per heavy atom. The number of primary amides is 1. The molecular weight excluding hydrogens is 316 g/mol. The van der Waals surface area contributed by atoms with E-state index >= 15 is 0 Å². The van der Waals surface area contributed by atoms with E-state index in [1.807, 2.05) is 30.3 Å². The Morgan fingerprint density at radius 1 is 1.04 bits per heavy atom. The topological polar surface area (TPSA) is 73.6 Å². The zero-order valence-corrected chi connectivity index (χ0v) is 14.0. The first kappa shape index (κ1) is 16.6. The first-order valence-corrected chi connectivity index (χ1v) is 7.97. The maximum Gasteiger partial charge on any atom is 0.255 e. The van der Waals surface area contributed by atoms with Crippen molar-refractivity contribution >= 4 is 22.4 Å². The van der Waals surface area contributed by atoms with Crippen LogP contribution in [0.5, 0.6) is 11.5 Å². The number of fused-ring (bicyclic) bond motifs is 1. The molecule has 0 aliphatic carbocycles. The standard InChI is InChI=1S/C20H20N2O3/c1-24-19-11-14(9-10-18(19)25-13-20(21)23)12-22-17-8-4-6-15-5-2-3-7-16(15)17/h2-11,22H,12-13H2,1H3,(H2,21,23). The minimum atomic E-state index is -0.524. The number of ether oxygens (including phenoxy) is 2. The summed E-state index contributed by atoms with van der Waals surface area (Å²) in [5.41, 5.74) is 7.22. The van der Waals surface area contributed by atoms with Gasteiger partial charge >= 0.3 is 0 Å². The van der Waals surface area contributed by atoms with E-state index in [2.05, 4.69) is 29.6 Å². The van der Waals surface area contributed by atoms with Gasteiger partial charge < -0.3 is 20.5 Å². The van der Waals surface area contributed by atoms with Crippen LogP contribution >= 0.6 is 0 Å². The highest BCUT2D eigenvalue weighted by molar-refractivity contribution is 5.93. The number of nitrogens with one attached hydrogen (secondary N) is 1. The van der Waals surface area contributed by atoms with Gasteiger partial charge in [-0.25, -0.2) is 0 Å². The molecule has 3 N–H and O–H groups in total. The number of hydrogen-bond acceptors (Lipinski definition) is 4. The quantitative estimate of drug-likeness (QED) is 0.694. The molecule has 0 aliphatic rings. The van der Waals surface area contributed by atoms with Crippen LogP contribution in [0, 0.1) is 0 Å². The summed E-state index contributed by atoms with van der Waals surface area (Å²) in [5.74, 6) is 0.539. The van der Waals surface area contributed by atoms with Gasteiger partial charge in [-0.3, -0.25) is 4.79 Å². The van der Waals surface area contributed by atoms with Crippen LogP contribution in [0.4, 0.5) is 5.69 Å². The fourth-order valence-electron chi connectivity index (χ4n) is 2.67. The van der Waals surface area contributed by atoms with E-state index < -0.39 is 5.91 Å². The van der Waals surface area contributed by atoms with E-state index in [1.165, 1.54) is 10.8 Å². The van der Waals surface area contributed by atoms with Crippen LogP contribution < -0.4 is 20.5 Å². The zero-order chi connectivity index (χ0) is 17.6. The van der Waals surface area contributed by atoms with Crippen molar-refractivity contribution in [3.63, 3.8) is 0 Å². The lowest BCUT2D eigenvalue weighted by atomic mass is 10.1. The van der Waals surface area contributed by atoms with E-state index in [-0.39, 0.29) is 6.61 Å². The number of rotatable bonds is 7. The van der Waals surface area contributed by atoms with Gasteiger partial charge in [0.15, 0.2) is 18.1 Å². The van der Waals surface area contributed by atoms with Crippen molar-refractivity contribution in [1.82, 2.24) is 0 Å². The molecule has 0 fully saturated rings. The summed E-state index contributed by atoms with van der Waals surface area (Å²) in [6.07, 6.45) is 0. The zero-order valence-electron chi connectivity index (χ0n) is 14.0. The number of carbonyl (C=O) groups is 1. The van der Waals surface area contributed by atoms with Crippen molar-refractivity contribution < 1.29 is 14.3 Å². The minimum absolute atomic E-state index is 0.177. The predicted octanol–water partition coefficient (Wildman–Crippen LogP) is 3.32. The van der Waals surface area contributed by atoms with Gasteiger partial charge in [-0.2, -0.15) is 0 Å². The van der Waals surface area contributed by atoms with E-state index in [0.29, 0.717) is 18.0 Å². The summed E-state index contributed by atoms with van der Waals surface area (Å²) < 4.78 is 10.7. The van der Waals surface area contributed by atoms with Crippen molar-refractivity contribution in [2.45, 2.75) is 6.54 Å². The number of benzene rings is 3. The molecule has 3 rings (SSSR count). The molecule has 0 aliphatic heterocycles. The predicted molar refractivity (Wildman–Crippen MR) is 99.0 cm³/mol. The van der Waals surface area contributed by atoms with Gasteiger partial charge in [0.2, 0.25) is 0 Å². The Balaban J connectivity index is 1.75. The van der Waals surface area contributed by atoms with Crippen LogP contribution in [0.25, 0.3) is 10.8 Å². The Bertz CT molecular complexity index is 888. The van der Waals surface area contributed by atoms with Crippen molar-refractivity contribution in [2.75, 3.05) is 19.0 Å². The third-order valence-electron chi connectivity index (χ3n) is 3.87. The smallest absolute Gasteiger partial charge is 0.255 e. The fraction of sp³-hybridized carbons (Fsp3) is 0.150. The summed E-state index contributed by atoms with van der Waals surface area (Å²) in [6.45, 7) is 0.463. The molecule has 0 saturated carbocycles. The van der Waals surface area contributed by atoms with Crippen LogP contribution in [0.1, 0.15) is 5.56 Å². The normalized spacial score (nSPS) is 10.4. The molecule has 128 valence electrons. The Morgan fingerprint density at radius 2 is 1.84 bits per heavy atom. The molecule has 5 heteroatoms. The van der Waals surface area contributed by atoms with Crippen molar-refractivity contribution in [2.24, 2.45) is 5.73 Å². The monoisotopic (exact) mass is 336 g/mol. The van der Waals surface area contributed by atoms with Gasteiger partial charge in [0.05, 0.1) is 7.11 Å². The first-order chi connectivity index (χ1) is 12.2. The Kier molecular flexibility index (Phi) is 5.04. The highest BCUT2D eigenvalue weighted by atomic mass is 16.5. The highest BCUT2D eigenvalue weighted by Gasteiger charge is 2.08. The van der Waals surface area contributed by atoms with Gasteiger partial charge in [0.25, 0.3) is 5.91 Å². The average molecular weight is 336 g/mol. The molecule has 0 bridgehead atoms. The van der Waals surface area contributed by atoms with Crippen molar-refractivity contribution in [1.29, 1.82) is 0 Å². The largest absolute Gasteiger partial charge is 0.493 e. The fourth-order valence-corrected chi connectivity index (χ4v) is 2.67. The maximum absolute atomic E-state index is 10.9. The molecular formula is C20H20N2O3. The number of hydrogen-bond donors (Lipinski definition) is 2. The second kappa shape index (κ2) is 7.57. The van der Waals surface area contributed by atoms with Gasteiger partial charge in [-0.1, -0.05) is 42.5 Å². The molecule has 0 saturated heterocycles. The van der Waals surface area contributed by atoms with Crippen LogP contribution in [0.3, 0.4) is 0 Å². The summed E-state index contributed by atoms with van der Waals surface area (Å²) >= 11 is 0. The van der Waals surface area contributed by atoms with Crippen LogP contribution in [0.2, 0.25) is 0 Å². The summed E-state index contributed by atoms with van der Waals surface area (Å²) in [7, 11) is 1.56. The molecule has 3 aromatic carbocycles. The number of nitrogens with two attached hydrogens (primary N) is 1. The van der Waals surface area contributed by atoms with Gasteiger partial charge in [-0.05, 0) is 29.1 Å². The summed E-state index contributed by atoms with van der Waals surface area (Å²) in [4.78, 5) is 10.9. The molecule has 1 amide bonds. The van der Waals surface area contributed by atoms with Crippen LogP contribution in [-0.4, -0.2) is 19.6 Å². The average Bonchev–Trinajstić information content (AvgIpc) is 2.64. The SMILES string of the molecule is COc1cc(CNc2cccc3ccccc23)ccc1OCC(N)=O. The molecule has 5 nitrogen and oxygen atoms in total. The third-order valence-corrected chi connectivity index (χ3v) is 3.87. The van der Waals surface area contributed by atoms with Crippen molar-refractivity contribution in [3.05, 3.63) is 66.2 Å². The van der Waals surface area contributed by atoms with E-state index in [0.717, 1.165) is 11.3 Å². The Hall–Kier alpha value is -3.21. The molecule has 0 spiro atoms. The van der Waals surface area contributed by atoms with Crippen LogP contribution in [-0.2, 0) is 11.3 Å². The number of anilines is 1.